The standard InChI is InChI=1S/C21H26N4O3/c26-20(17-10-8-16(9-11-17)15-5-2-1-3-6-15)24-19(21(27)25-28)14-22-13-18-7-4-12-23-18/h1-3,5-6,8-11,18-19,22-23,28H,4,7,12-14H2,(H,24,26)(H,25,27)/t18?,19-/m0/s1. The Kier molecular flexibility index (Phi) is 7.13. The van der Waals surface area contributed by atoms with Crippen LogP contribution in [0.25, 0.3) is 11.1 Å². The summed E-state index contributed by atoms with van der Waals surface area (Å²) in [5.74, 6) is -1.02. The first-order chi connectivity index (χ1) is 13.7. The van der Waals surface area contributed by atoms with E-state index in [4.69, 9.17) is 5.21 Å². The van der Waals surface area contributed by atoms with Crippen LogP contribution in [0.1, 0.15) is 23.2 Å². The zero-order chi connectivity index (χ0) is 19.8. The minimum atomic E-state index is -0.868. The molecule has 1 unspecified atom stereocenters. The Labute approximate surface area is 164 Å². The van der Waals surface area contributed by atoms with Crippen molar-refractivity contribution >= 4 is 11.8 Å². The van der Waals surface area contributed by atoms with Gasteiger partial charge in [-0.2, -0.15) is 0 Å². The first-order valence-electron chi connectivity index (χ1n) is 9.52. The first-order valence-corrected chi connectivity index (χ1v) is 9.52. The minimum absolute atomic E-state index is 0.235. The lowest BCUT2D eigenvalue weighted by molar-refractivity contribution is -0.131. The highest BCUT2D eigenvalue weighted by atomic mass is 16.5. The molecule has 5 N–H and O–H groups in total. The molecule has 1 saturated heterocycles. The molecule has 0 radical (unpaired) electrons. The van der Waals surface area contributed by atoms with Gasteiger partial charge in [-0.15, -0.1) is 0 Å². The summed E-state index contributed by atoms with van der Waals surface area (Å²) in [6.45, 7) is 1.94. The number of carbonyl (C=O) groups excluding carboxylic acids is 2. The van der Waals surface area contributed by atoms with Gasteiger partial charge < -0.3 is 16.0 Å². The lowest BCUT2D eigenvalue weighted by Crippen LogP contribution is -2.52. The summed E-state index contributed by atoms with van der Waals surface area (Å²) < 4.78 is 0. The van der Waals surface area contributed by atoms with Crippen LogP contribution in [0.3, 0.4) is 0 Å². The van der Waals surface area contributed by atoms with Crippen LogP contribution in [0, 0.1) is 0 Å². The minimum Gasteiger partial charge on any atom is -0.339 e. The van der Waals surface area contributed by atoms with Crippen molar-refractivity contribution in [1.82, 2.24) is 21.4 Å². The number of nitrogens with one attached hydrogen (secondary N) is 4. The third-order valence-corrected chi connectivity index (χ3v) is 4.89. The maximum atomic E-state index is 12.5. The fraction of sp³-hybridized carbons (Fsp3) is 0.333. The van der Waals surface area contributed by atoms with Gasteiger partial charge in [0, 0.05) is 24.7 Å². The predicted octanol–water partition coefficient (Wildman–Crippen LogP) is 1.30. The highest BCUT2D eigenvalue weighted by Gasteiger charge is 2.22. The first kappa shape index (κ1) is 20.0. The third kappa shape index (κ3) is 5.39. The second kappa shape index (κ2) is 9.98. The molecule has 2 atom stereocenters. The van der Waals surface area contributed by atoms with Gasteiger partial charge in [0.15, 0.2) is 0 Å². The summed E-state index contributed by atoms with van der Waals surface area (Å²) in [7, 11) is 0. The van der Waals surface area contributed by atoms with E-state index in [2.05, 4.69) is 16.0 Å². The average molecular weight is 382 g/mol. The molecule has 1 heterocycles. The molecule has 2 aromatic carbocycles. The molecule has 0 bridgehead atoms. The average Bonchev–Trinajstić information content (AvgIpc) is 3.26. The Bertz CT molecular complexity index is 774. The Morgan fingerprint density at radius 2 is 1.79 bits per heavy atom. The number of hydroxylamine groups is 1. The normalized spacial score (nSPS) is 17.1. The third-order valence-electron chi connectivity index (χ3n) is 4.89. The zero-order valence-electron chi connectivity index (χ0n) is 15.7. The monoisotopic (exact) mass is 382 g/mol. The fourth-order valence-corrected chi connectivity index (χ4v) is 3.31. The molecular formula is C21H26N4O3. The molecule has 0 aromatic heterocycles. The van der Waals surface area contributed by atoms with Crippen molar-refractivity contribution in [1.29, 1.82) is 0 Å². The van der Waals surface area contributed by atoms with E-state index < -0.39 is 11.9 Å². The maximum Gasteiger partial charge on any atom is 0.267 e. The molecule has 1 fully saturated rings. The molecular weight excluding hydrogens is 356 g/mol. The van der Waals surface area contributed by atoms with Crippen LogP contribution in [0.4, 0.5) is 0 Å². The number of hydrogen-bond acceptors (Lipinski definition) is 5. The van der Waals surface area contributed by atoms with Crippen molar-refractivity contribution in [3.05, 3.63) is 60.2 Å². The topological polar surface area (TPSA) is 102 Å². The second-order valence-corrected chi connectivity index (χ2v) is 6.90. The van der Waals surface area contributed by atoms with E-state index in [1.54, 1.807) is 17.6 Å². The van der Waals surface area contributed by atoms with Crippen LogP contribution in [0.15, 0.2) is 54.6 Å². The molecule has 3 rings (SSSR count). The van der Waals surface area contributed by atoms with Crippen molar-refractivity contribution in [2.45, 2.75) is 24.9 Å². The van der Waals surface area contributed by atoms with Crippen LogP contribution < -0.4 is 21.4 Å². The SMILES string of the molecule is O=C(N[C@@H](CNCC1CCCN1)C(=O)NO)c1ccc(-c2ccccc2)cc1. The van der Waals surface area contributed by atoms with Gasteiger partial charge in [-0.1, -0.05) is 42.5 Å². The van der Waals surface area contributed by atoms with Crippen LogP contribution in [-0.4, -0.2) is 48.7 Å². The second-order valence-electron chi connectivity index (χ2n) is 6.90. The maximum absolute atomic E-state index is 12.5. The Balaban J connectivity index is 1.58. The van der Waals surface area contributed by atoms with Crippen molar-refractivity contribution < 1.29 is 14.8 Å². The van der Waals surface area contributed by atoms with E-state index in [1.165, 1.54) is 0 Å². The van der Waals surface area contributed by atoms with Crippen molar-refractivity contribution in [2.75, 3.05) is 19.6 Å². The zero-order valence-corrected chi connectivity index (χ0v) is 15.7. The Hall–Kier alpha value is -2.74. The molecule has 7 heteroatoms. The molecule has 0 saturated carbocycles. The van der Waals surface area contributed by atoms with Gasteiger partial charge in [-0.3, -0.25) is 14.8 Å². The van der Waals surface area contributed by atoms with Gasteiger partial charge in [-0.25, -0.2) is 5.48 Å². The van der Waals surface area contributed by atoms with Gasteiger partial charge in [0.05, 0.1) is 0 Å². The highest BCUT2D eigenvalue weighted by Crippen LogP contribution is 2.19. The van der Waals surface area contributed by atoms with Gasteiger partial charge in [0.25, 0.3) is 11.8 Å². The van der Waals surface area contributed by atoms with Crippen LogP contribution >= 0.6 is 0 Å². The van der Waals surface area contributed by atoms with E-state index in [1.807, 2.05) is 42.5 Å². The molecule has 1 aliphatic heterocycles. The molecule has 148 valence electrons. The summed E-state index contributed by atoms with van der Waals surface area (Å²) >= 11 is 0. The summed E-state index contributed by atoms with van der Waals surface area (Å²) in [4.78, 5) is 24.4. The van der Waals surface area contributed by atoms with E-state index >= 15 is 0 Å². The number of amides is 2. The summed E-state index contributed by atoms with van der Waals surface area (Å²) in [5.41, 5.74) is 4.15. The van der Waals surface area contributed by atoms with Gasteiger partial charge in [0.1, 0.15) is 6.04 Å². The number of carbonyl (C=O) groups is 2. The van der Waals surface area contributed by atoms with E-state index in [9.17, 15) is 9.59 Å². The molecule has 28 heavy (non-hydrogen) atoms. The Morgan fingerprint density at radius 3 is 2.43 bits per heavy atom. The summed E-state index contributed by atoms with van der Waals surface area (Å²) in [5, 5.41) is 18.2. The number of benzene rings is 2. The fourth-order valence-electron chi connectivity index (χ4n) is 3.31. The van der Waals surface area contributed by atoms with E-state index in [0.29, 0.717) is 18.2 Å². The lowest BCUT2D eigenvalue weighted by atomic mass is 10.0. The molecule has 0 aliphatic carbocycles. The summed E-state index contributed by atoms with van der Waals surface area (Å²) in [6.07, 6.45) is 2.23. The highest BCUT2D eigenvalue weighted by molar-refractivity contribution is 5.97. The van der Waals surface area contributed by atoms with Gasteiger partial charge in [0.2, 0.25) is 0 Å². The van der Waals surface area contributed by atoms with E-state index in [-0.39, 0.29) is 12.5 Å². The van der Waals surface area contributed by atoms with Crippen molar-refractivity contribution in [2.24, 2.45) is 0 Å². The molecule has 1 aliphatic rings. The molecule has 2 aromatic rings. The van der Waals surface area contributed by atoms with Crippen LogP contribution in [0.2, 0.25) is 0 Å². The van der Waals surface area contributed by atoms with Gasteiger partial charge >= 0.3 is 0 Å². The van der Waals surface area contributed by atoms with E-state index in [0.717, 1.165) is 30.5 Å². The molecule has 0 spiro atoms. The lowest BCUT2D eigenvalue weighted by Gasteiger charge is -2.19. The molecule has 7 nitrogen and oxygen atoms in total. The smallest absolute Gasteiger partial charge is 0.267 e. The summed E-state index contributed by atoms with van der Waals surface area (Å²) in [6, 6.07) is 16.6. The van der Waals surface area contributed by atoms with Gasteiger partial charge in [-0.05, 0) is 42.6 Å². The largest absolute Gasteiger partial charge is 0.339 e. The number of rotatable bonds is 8. The Morgan fingerprint density at radius 1 is 1.07 bits per heavy atom. The van der Waals surface area contributed by atoms with Crippen molar-refractivity contribution in [3.8, 4) is 11.1 Å². The van der Waals surface area contributed by atoms with Crippen molar-refractivity contribution in [3.63, 3.8) is 0 Å². The molecule has 2 amide bonds. The number of hydrogen-bond donors (Lipinski definition) is 5. The quantitative estimate of drug-likeness (QED) is 0.350. The van der Waals surface area contributed by atoms with Crippen LogP contribution in [-0.2, 0) is 4.79 Å². The van der Waals surface area contributed by atoms with Crippen LogP contribution in [0.5, 0.6) is 0 Å². The predicted molar refractivity (Wildman–Crippen MR) is 107 cm³/mol.